The van der Waals surface area contributed by atoms with Crippen molar-refractivity contribution in [1.29, 1.82) is 0 Å². The van der Waals surface area contributed by atoms with Gasteiger partial charge in [0.05, 0.1) is 18.6 Å². The third-order valence-corrected chi connectivity index (χ3v) is 2.41. The van der Waals surface area contributed by atoms with E-state index in [-0.39, 0.29) is 17.9 Å². The van der Waals surface area contributed by atoms with Gasteiger partial charge < -0.3 is 10.1 Å². The lowest BCUT2D eigenvalue weighted by Crippen LogP contribution is -2.31. The fourth-order valence-corrected chi connectivity index (χ4v) is 1.24. The van der Waals surface area contributed by atoms with Gasteiger partial charge in [0.25, 0.3) is 0 Å². The molecule has 3 nitrogen and oxygen atoms in total. The van der Waals surface area contributed by atoms with Crippen molar-refractivity contribution in [3.63, 3.8) is 0 Å². The van der Waals surface area contributed by atoms with Crippen LogP contribution < -0.4 is 5.32 Å². The van der Waals surface area contributed by atoms with Gasteiger partial charge in [0, 0.05) is 7.05 Å². The van der Waals surface area contributed by atoms with Crippen molar-refractivity contribution in [2.24, 2.45) is 5.92 Å². The summed E-state index contributed by atoms with van der Waals surface area (Å²) in [6, 6.07) is 0. The molecule has 0 heterocycles. The predicted octanol–water partition coefficient (Wildman–Crippen LogP) is 1.96. The van der Waals surface area contributed by atoms with Crippen LogP contribution in [0.15, 0.2) is 0 Å². The van der Waals surface area contributed by atoms with Gasteiger partial charge >= 0.3 is 0 Å². The van der Waals surface area contributed by atoms with E-state index in [1.807, 2.05) is 6.92 Å². The molecule has 2 unspecified atom stereocenters. The van der Waals surface area contributed by atoms with E-state index in [0.29, 0.717) is 6.61 Å². The average molecular weight is 201 g/mol. The number of carbonyl (C=O) groups excluding carboxylic acids is 1. The highest BCUT2D eigenvalue weighted by molar-refractivity contribution is 5.78. The first kappa shape index (κ1) is 13.4. The van der Waals surface area contributed by atoms with E-state index in [1.165, 1.54) is 0 Å². The summed E-state index contributed by atoms with van der Waals surface area (Å²) in [5.41, 5.74) is 0. The minimum atomic E-state index is 0.0130. The summed E-state index contributed by atoms with van der Waals surface area (Å²) < 4.78 is 5.57. The van der Waals surface area contributed by atoms with Crippen molar-refractivity contribution in [2.75, 3.05) is 13.7 Å². The molecule has 0 fully saturated rings. The van der Waals surface area contributed by atoms with Crippen LogP contribution >= 0.6 is 0 Å². The Bertz CT molecular complexity index is 159. The number of hydrogen-bond acceptors (Lipinski definition) is 2. The monoisotopic (exact) mass is 201 g/mol. The molecule has 3 heteroatoms. The van der Waals surface area contributed by atoms with Crippen molar-refractivity contribution < 1.29 is 9.53 Å². The molecule has 0 radical (unpaired) electrons. The fourth-order valence-electron chi connectivity index (χ4n) is 1.24. The molecule has 0 bridgehead atoms. The third-order valence-electron chi connectivity index (χ3n) is 2.41. The van der Waals surface area contributed by atoms with Crippen LogP contribution in [0.25, 0.3) is 0 Å². The molecule has 14 heavy (non-hydrogen) atoms. The van der Waals surface area contributed by atoms with Crippen LogP contribution in [0.1, 0.15) is 40.0 Å². The van der Waals surface area contributed by atoms with Crippen molar-refractivity contribution >= 4 is 5.91 Å². The molecular formula is C11H23NO2. The molecular weight excluding hydrogens is 178 g/mol. The van der Waals surface area contributed by atoms with Gasteiger partial charge in [-0.15, -0.1) is 0 Å². The molecule has 1 amide bonds. The largest absolute Gasteiger partial charge is 0.378 e. The lowest BCUT2D eigenvalue weighted by molar-refractivity contribution is -0.127. The van der Waals surface area contributed by atoms with E-state index in [9.17, 15) is 4.79 Å². The summed E-state index contributed by atoms with van der Waals surface area (Å²) in [6.07, 6.45) is 3.16. The van der Waals surface area contributed by atoms with E-state index in [4.69, 9.17) is 4.74 Å². The molecule has 84 valence electrons. The molecule has 0 spiro atoms. The van der Waals surface area contributed by atoms with Crippen LogP contribution in [0.2, 0.25) is 0 Å². The molecule has 1 N–H and O–H groups in total. The van der Waals surface area contributed by atoms with Gasteiger partial charge in [-0.25, -0.2) is 0 Å². The van der Waals surface area contributed by atoms with E-state index < -0.39 is 0 Å². The van der Waals surface area contributed by atoms with Gasteiger partial charge in [0.1, 0.15) is 0 Å². The lowest BCUT2D eigenvalue weighted by Gasteiger charge is -2.17. The van der Waals surface area contributed by atoms with Gasteiger partial charge in [-0.3, -0.25) is 4.79 Å². The molecule has 0 rings (SSSR count). The Labute approximate surface area is 87.2 Å². The maximum Gasteiger partial charge on any atom is 0.225 e. The van der Waals surface area contributed by atoms with Gasteiger partial charge in [-0.2, -0.15) is 0 Å². The topological polar surface area (TPSA) is 38.3 Å². The first-order valence-corrected chi connectivity index (χ1v) is 5.48. The maximum atomic E-state index is 11.4. The molecule has 0 aliphatic carbocycles. The highest BCUT2D eigenvalue weighted by Gasteiger charge is 2.16. The summed E-state index contributed by atoms with van der Waals surface area (Å²) in [4.78, 5) is 11.4. The van der Waals surface area contributed by atoms with Crippen LogP contribution in [0, 0.1) is 5.92 Å². The molecule has 0 saturated heterocycles. The normalized spacial score (nSPS) is 14.9. The standard InChI is InChI=1S/C11H23NO2/c1-5-7-10(11(13)12-4)8-14-9(3)6-2/h9-10H,5-8H2,1-4H3,(H,12,13). The van der Waals surface area contributed by atoms with Crippen molar-refractivity contribution in [1.82, 2.24) is 5.32 Å². The van der Waals surface area contributed by atoms with Crippen molar-refractivity contribution in [3.8, 4) is 0 Å². The van der Waals surface area contributed by atoms with Crippen LogP contribution in [0.5, 0.6) is 0 Å². The number of amides is 1. The van der Waals surface area contributed by atoms with Crippen molar-refractivity contribution in [3.05, 3.63) is 0 Å². The highest BCUT2D eigenvalue weighted by atomic mass is 16.5. The number of hydrogen-bond donors (Lipinski definition) is 1. The number of rotatable bonds is 7. The maximum absolute atomic E-state index is 11.4. The Morgan fingerprint density at radius 3 is 2.50 bits per heavy atom. The van der Waals surface area contributed by atoms with Crippen LogP contribution in [0.4, 0.5) is 0 Å². The first-order chi connectivity index (χ1) is 6.65. The molecule has 0 saturated carbocycles. The summed E-state index contributed by atoms with van der Waals surface area (Å²) in [7, 11) is 1.67. The minimum Gasteiger partial charge on any atom is -0.378 e. The summed E-state index contributed by atoms with van der Waals surface area (Å²) in [5.74, 6) is 0.106. The Balaban J connectivity index is 3.90. The van der Waals surface area contributed by atoms with E-state index in [1.54, 1.807) is 7.05 Å². The van der Waals surface area contributed by atoms with Gasteiger partial charge in [0.15, 0.2) is 0 Å². The molecule has 0 aromatic carbocycles. The Hall–Kier alpha value is -0.570. The summed E-state index contributed by atoms with van der Waals surface area (Å²) in [5, 5.41) is 2.67. The van der Waals surface area contributed by atoms with Crippen LogP contribution in [0.3, 0.4) is 0 Å². The van der Waals surface area contributed by atoms with E-state index in [0.717, 1.165) is 19.3 Å². The average Bonchev–Trinajstić information content (AvgIpc) is 2.22. The lowest BCUT2D eigenvalue weighted by atomic mass is 10.0. The molecule has 0 aromatic rings. The number of carbonyl (C=O) groups is 1. The van der Waals surface area contributed by atoms with E-state index in [2.05, 4.69) is 19.2 Å². The van der Waals surface area contributed by atoms with Crippen LogP contribution in [-0.4, -0.2) is 25.7 Å². The quantitative estimate of drug-likeness (QED) is 0.684. The molecule has 0 aliphatic heterocycles. The summed E-state index contributed by atoms with van der Waals surface area (Å²) in [6.45, 7) is 6.74. The molecule has 0 aromatic heterocycles. The first-order valence-electron chi connectivity index (χ1n) is 5.48. The van der Waals surface area contributed by atoms with Gasteiger partial charge in [0.2, 0.25) is 5.91 Å². The minimum absolute atomic E-state index is 0.0130. The zero-order valence-corrected chi connectivity index (χ0v) is 9.80. The van der Waals surface area contributed by atoms with E-state index >= 15 is 0 Å². The van der Waals surface area contributed by atoms with Crippen LogP contribution in [-0.2, 0) is 9.53 Å². The Kier molecular flexibility index (Phi) is 7.48. The number of ether oxygens (including phenoxy) is 1. The van der Waals surface area contributed by atoms with Gasteiger partial charge in [-0.05, 0) is 19.8 Å². The SMILES string of the molecule is CCCC(COC(C)CC)C(=O)NC. The second kappa shape index (κ2) is 7.80. The number of nitrogens with one attached hydrogen (secondary N) is 1. The zero-order chi connectivity index (χ0) is 11.0. The fraction of sp³-hybridized carbons (Fsp3) is 0.909. The second-order valence-corrected chi connectivity index (χ2v) is 3.65. The predicted molar refractivity (Wildman–Crippen MR) is 58.2 cm³/mol. The highest BCUT2D eigenvalue weighted by Crippen LogP contribution is 2.09. The van der Waals surface area contributed by atoms with Crippen molar-refractivity contribution in [2.45, 2.75) is 46.1 Å². The zero-order valence-electron chi connectivity index (χ0n) is 9.80. The Morgan fingerprint density at radius 1 is 1.43 bits per heavy atom. The smallest absolute Gasteiger partial charge is 0.225 e. The second-order valence-electron chi connectivity index (χ2n) is 3.65. The molecule has 2 atom stereocenters. The summed E-state index contributed by atoms with van der Waals surface area (Å²) >= 11 is 0. The Morgan fingerprint density at radius 2 is 2.07 bits per heavy atom. The molecule has 0 aliphatic rings. The third kappa shape index (κ3) is 5.22. The van der Waals surface area contributed by atoms with Gasteiger partial charge in [-0.1, -0.05) is 20.3 Å².